The number of benzene rings is 1. The molecular formula is C20H18FN7O. The van der Waals surface area contributed by atoms with Gasteiger partial charge in [0.25, 0.3) is 5.91 Å². The van der Waals surface area contributed by atoms with Crippen molar-refractivity contribution in [2.45, 2.75) is 31.8 Å². The summed E-state index contributed by atoms with van der Waals surface area (Å²) in [7, 11) is 0. The van der Waals surface area contributed by atoms with Crippen LogP contribution in [0.4, 0.5) is 16.0 Å². The number of anilines is 2. The van der Waals surface area contributed by atoms with E-state index in [-0.39, 0.29) is 29.1 Å². The molecule has 4 N–H and O–H groups in total. The highest BCUT2D eigenvalue weighted by atomic mass is 19.1. The molecule has 1 aliphatic rings. The van der Waals surface area contributed by atoms with Crippen LogP contribution in [-0.4, -0.2) is 26.9 Å². The maximum atomic E-state index is 13.7. The van der Waals surface area contributed by atoms with Gasteiger partial charge in [0.2, 0.25) is 0 Å². The second-order valence-electron chi connectivity index (χ2n) is 6.97. The van der Waals surface area contributed by atoms with Crippen molar-refractivity contribution in [1.29, 1.82) is 5.26 Å². The van der Waals surface area contributed by atoms with E-state index in [1.54, 1.807) is 19.1 Å². The summed E-state index contributed by atoms with van der Waals surface area (Å²) in [4.78, 5) is 25.3. The van der Waals surface area contributed by atoms with Crippen molar-refractivity contribution >= 4 is 28.4 Å². The summed E-state index contributed by atoms with van der Waals surface area (Å²) in [5.41, 5.74) is 7.22. The second kappa shape index (κ2) is 7.31. The molecule has 2 aromatic heterocycles. The van der Waals surface area contributed by atoms with Gasteiger partial charge >= 0.3 is 0 Å². The van der Waals surface area contributed by atoms with E-state index in [1.165, 1.54) is 18.5 Å². The largest absolute Gasteiger partial charge is 0.382 e. The SMILES string of the molecule is C[C@H](Nc1ncnc(N)c1C#N)c1nc2ccc(F)cc2cc1C(=O)NC1CC1. The predicted molar refractivity (Wildman–Crippen MR) is 105 cm³/mol. The Bertz CT molecular complexity index is 1150. The van der Waals surface area contributed by atoms with Gasteiger partial charge < -0.3 is 16.4 Å². The number of rotatable bonds is 5. The molecule has 29 heavy (non-hydrogen) atoms. The molecule has 8 nitrogen and oxygen atoms in total. The Kier molecular flexibility index (Phi) is 4.68. The monoisotopic (exact) mass is 391 g/mol. The molecule has 0 aliphatic heterocycles. The number of hydrogen-bond donors (Lipinski definition) is 3. The van der Waals surface area contributed by atoms with Crippen LogP contribution >= 0.6 is 0 Å². The molecule has 0 saturated heterocycles. The van der Waals surface area contributed by atoms with Gasteiger partial charge in [0.1, 0.15) is 35.4 Å². The van der Waals surface area contributed by atoms with Crippen molar-refractivity contribution in [3.8, 4) is 6.07 Å². The van der Waals surface area contributed by atoms with Crippen LogP contribution in [0.5, 0.6) is 0 Å². The standard InChI is InChI=1S/C20H18FN7O/c1-10(26-19-15(8-22)18(23)24-9-25-19)17-14(20(29)27-13-3-4-13)7-11-6-12(21)2-5-16(11)28-17/h2,5-7,9-10,13H,3-4H2,1H3,(H,27,29)(H3,23,24,25,26)/t10-/m0/s1. The first-order valence-corrected chi connectivity index (χ1v) is 9.14. The highest BCUT2D eigenvalue weighted by Gasteiger charge is 2.27. The number of carbonyl (C=O) groups is 1. The Morgan fingerprint density at radius 2 is 2.14 bits per heavy atom. The first-order chi connectivity index (χ1) is 14.0. The summed E-state index contributed by atoms with van der Waals surface area (Å²) in [6.07, 6.45) is 3.13. The highest BCUT2D eigenvalue weighted by Crippen LogP contribution is 2.27. The average molecular weight is 391 g/mol. The lowest BCUT2D eigenvalue weighted by Gasteiger charge is -2.19. The Morgan fingerprint density at radius 3 is 2.86 bits per heavy atom. The number of aromatic nitrogens is 3. The number of halogens is 1. The van der Waals surface area contributed by atoms with Crippen LogP contribution < -0.4 is 16.4 Å². The van der Waals surface area contributed by atoms with Gasteiger partial charge in [-0.15, -0.1) is 0 Å². The van der Waals surface area contributed by atoms with Crippen LogP contribution in [-0.2, 0) is 0 Å². The van der Waals surface area contributed by atoms with E-state index in [1.807, 2.05) is 6.07 Å². The van der Waals surface area contributed by atoms with E-state index in [2.05, 4.69) is 25.6 Å². The minimum atomic E-state index is -0.481. The van der Waals surface area contributed by atoms with E-state index in [4.69, 9.17) is 5.73 Å². The number of nitrogens with zero attached hydrogens (tertiary/aromatic N) is 4. The molecule has 0 bridgehead atoms. The number of fused-ring (bicyclic) bond motifs is 1. The predicted octanol–water partition coefficient (Wildman–Crippen LogP) is 2.68. The molecule has 9 heteroatoms. The Labute approximate surface area is 166 Å². The van der Waals surface area contributed by atoms with E-state index in [0.29, 0.717) is 22.2 Å². The molecule has 146 valence electrons. The van der Waals surface area contributed by atoms with E-state index < -0.39 is 11.9 Å². The van der Waals surface area contributed by atoms with Gasteiger partial charge in [0.05, 0.1) is 22.8 Å². The van der Waals surface area contributed by atoms with Gasteiger partial charge in [-0.2, -0.15) is 5.26 Å². The zero-order valence-corrected chi connectivity index (χ0v) is 15.6. The lowest BCUT2D eigenvalue weighted by Crippen LogP contribution is -2.28. The maximum absolute atomic E-state index is 13.7. The molecule has 0 radical (unpaired) electrons. The number of amides is 1. The van der Waals surface area contributed by atoms with Crippen LogP contribution in [0.3, 0.4) is 0 Å². The zero-order valence-electron chi connectivity index (χ0n) is 15.6. The summed E-state index contributed by atoms with van der Waals surface area (Å²) < 4.78 is 13.7. The van der Waals surface area contributed by atoms with Gasteiger partial charge in [0, 0.05) is 11.4 Å². The molecular weight excluding hydrogens is 373 g/mol. The maximum Gasteiger partial charge on any atom is 0.253 e. The normalized spacial score (nSPS) is 14.2. The molecule has 0 spiro atoms. The summed E-state index contributed by atoms with van der Waals surface area (Å²) in [5, 5.41) is 15.9. The molecule has 1 atom stereocenters. The fraction of sp³-hybridized carbons (Fsp3) is 0.250. The quantitative estimate of drug-likeness (QED) is 0.609. The average Bonchev–Trinajstić information content (AvgIpc) is 3.51. The molecule has 1 aliphatic carbocycles. The molecule has 1 fully saturated rings. The molecule has 1 aromatic carbocycles. The molecule has 0 unspecified atom stereocenters. The van der Waals surface area contributed by atoms with Crippen molar-refractivity contribution in [3.63, 3.8) is 0 Å². The van der Waals surface area contributed by atoms with Crippen LogP contribution in [0.2, 0.25) is 0 Å². The summed E-state index contributed by atoms with van der Waals surface area (Å²) >= 11 is 0. The minimum Gasteiger partial charge on any atom is -0.382 e. The van der Waals surface area contributed by atoms with Crippen LogP contribution in [0.1, 0.15) is 47.4 Å². The zero-order chi connectivity index (χ0) is 20.5. The van der Waals surface area contributed by atoms with E-state index >= 15 is 0 Å². The number of carbonyl (C=O) groups excluding carboxylic acids is 1. The number of nitriles is 1. The number of pyridine rings is 1. The lowest BCUT2D eigenvalue weighted by molar-refractivity contribution is 0.0949. The van der Waals surface area contributed by atoms with Crippen LogP contribution in [0, 0.1) is 17.1 Å². The molecule has 1 amide bonds. The number of nitrogens with one attached hydrogen (secondary N) is 2. The van der Waals surface area contributed by atoms with Gasteiger partial charge in [-0.3, -0.25) is 4.79 Å². The van der Waals surface area contributed by atoms with Gasteiger partial charge in [-0.05, 0) is 44.0 Å². The number of hydrogen-bond acceptors (Lipinski definition) is 7. The topological polar surface area (TPSA) is 130 Å². The van der Waals surface area contributed by atoms with Crippen molar-refractivity contribution in [2.24, 2.45) is 0 Å². The van der Waals surface area contributed by atoms with Crippen LogP contribution in [0.25, 0.3) is 10.9 Å². The molecule has 2 heterocycles. The van der Waals surface area contributed by atoms with Crippen molar-refractivity contribution in [3.05, 3.63) is 53.2 Å². The third-order valence-corrected chi connectivity index (χ3v) is 4.72. The molecule has 1 saturated carbocycles. The molecule has 4 rings (SSSR count). The summed E-state index contributed by atoms with van der Waals surface area (Å²) in [5.74, 6) is -0.354. The third kappa shape index (κ3) is 3.78. The minimum absolute atomic E-state index is 0.0610. The van der Waals surface area contributed by atoms with Crippen molar-refractivity contribution < 1.29 is 9.18 Å². The number of nitrogen functional groups attached to an aromatic ring is 1. The Hall–Kier alpha value is -3.80. The lowest BCUT2D eigenvalue weighted by atomic mass is 10.0. The van der Waals surface area contributed by atoms with E-state index in [0.717, 1.165) is 12.8 Å². The van der Waals surface area contributed by atoms with Crippen molar-refractivity contribution in [2.75, 3.05) is 11.1 Å². The van der Waals surface area contributed by atoms with Gasteiger partial charge in [-0.25, -0.2) is 19.3 Å². The first-order valence-electron chi connectivity index (χ1n) is 9.14. The Balaban J connectivity index is 1.76. The smallest absolute Gasteiger partial charge is 0.253 e. The van der Waals surface area contributed by atoms with Crippen LogP contribution in [0.15, 0.2) is 30.6 Å². The van der Waals surface area contributed by atoms with Gasteiger partial charge in [-0.1, -0.05) is 0 Å². The first kappa shape index (κ1) is 18.6. The third-order valence-electron chi connectivity index (χ3n) is 4.72. The Morgan fingerprint density at radius 1 is 1.34 bits per heavy atom. The fourth-order valence-corrected chi connectivity index (χ4v) is 3.06. The fourth-order valence-electron chi connectivity index (χ4n) is 3.06. The second-order valence-corrected chi connectivity index (χ2v) is 6.97. The number of nitrogens with two attached hydrogens (primary N) is 1. The summed E-state index contributed by atoms with van der Waals surface area (Å²) in [6, 6.07) is 7.52. The van der Waals surface area contributed by atoms with Gasteiger partial charge in [0.15, 0.2) is 0 Å². The van der Waals surface area contributed by atoms with E-state index in [9.17, 15) is 14.4 Å². The highest BCUT2D eigenvalue weighted by molar-refractivity contribution is 5.99. The summed E-state index contributed by atoms with van der Waals surface area (Å²) in [6.45, 7) is 1.80. The molecule has 3 aromatic rings. The van der Waals surface area contributed by atoms with Crippen molar-refractivity contribution in [1.82, 2.24) is 20.3 Å².